The van der Waals surface area contributed by atoms with E-state index in [4.69, 9.17) is 28.9 Å². The van der Waals surface area contributed by atoms with Crippen molar-refractivity contribution in [2.75, 3.05) is 0 Å². The lowest BCUT2D eigenvalue weighted by atomic mass is 9.99. The van der Waals surface area contributed by atoms with Gasteiger partial charge in [0, 0.05) is 15.6 Å². The molecule has 0 spiro atoms. The van der Waals surface area contributed by atoms with E-state index < -0.39 is 6.04 Å². The molecule has 1 nitrogen and oxygen atoms in total. The third kappa shape index (κ3) is 2.69. The number of rotatable bonds is 2. The lowest BCUT2D eigenvalue weighted by molar-refractivity contribution is 0.593. The molecule has 1 atom stereocenters. The van der Waals surface area contributed by atoms with Gasteiger partial charge in [0.25, 0.3) is 0 Å². The molecule has 2 rings (SSSR count). The Labute approximate surface area is 123 Å². The van der Waals surface area contributed by atoms with Gasteiger partial charge in [-0.15, -0.1) is 0 Å². The van der Waals surface area contributed by atoms with Gasteiger partial charge in [-0.3, -0.25) is 0 Å². The van der Waals surface area contributed by atoms with Crippen LogP contribution in [-0.4, -0.2) is 0 Å². The van der Waals surface area contributed by atoms with Gasteiger partial charge in [-0.2, -0.15) is 0 Å². The summed E-state index contributed by atoms with van der Waals surface area (Å²) in [4.78, 5) is 0. The Bertz CT molecular complexity index is 589. The first-order chi connectivity index (χ1) is 8.50. The number of halogens is 4. The SMILES string of the molecule is NC(c1ccc(Cl)cc1Cl)c1cccc(Br)c1F. The molecule has 0 fully saturated rings. The highest BCUT2D eigenvalue weighted by molar-refractivity contribution is 9.10. The molecule has 0 aromatic heterocycles. The van der Waals surface area contributed by atoms with Gasteiger partial charge in [0.2, 0.25) is 0 Å². The van der Waals surface area contributed by atoms with E-state index in [2.05, 4.69) is 15.9 Å². The van der Waals surface area contributed by atoms with E-state index in [1.54, 1.807) is 36.4 Å². The van der Waals surface area contributed by atoms with Crippen LogP contribution in [-0.2, 0) is 0 Å². The van der Waals surface area contributed by atoms with Crippen molar-refractivity contribution in [1.29, 1.82) is 0 Å². The second-order valence-electron chi connectivity index (χ2n) is 3.79. The quantitative estimate of drug-likeness (QED) is 0.816. The van der Waals surface area contributed by atoms with Crippen molar-refractivity contribution in [2.24, 2.45) is 5.73 Å². The second kappa shape index (κ2) is 5.57. The number of hydrogen-bond donors (Lipinski definition) is 1. The van der Waals surface area contributed by atoms with Gasteiger partial charge in [-0.1, -0.05) is 41.4 Å². The molecule has 94 valence electrons. The maximum atomic E-state index is 14.0. The van der Waals surface area contributed by atoms with Crippen LogP contribution in [0.2, 0.25) is 10.0 Å². The largest absolute Gasteiger partial charge is 0.320 e. The molecule has 0 amide bonds. The van der Waals surface area contributed by atoms with Crippen molar-refractivity contribution in [2.45, 2.75) is 6.04 Å². The summed E-state index contributed by atoms with van der Waals surface area (Å²) in [7, 11) is 0. The zero-order valence-electron chi connectivity index (χ0n) is 9.13. The molecular formula is C13H9BrCl2FN. The molecule has 0 saturated carbocycles. The summed E-state index contributed by atoms with van der Waals surface area (Å²) in [6, 6.07) is 9.33. The summed E-state index contributed by atoms with van der Waals surface area (Å²) >= 11 is 15.0. The van der Waals surface area contributed by atoms with Crippen LogP contribution in [0.1, 0.15) is 17.2 Å². The fourth-order valence-corrected chi connectivity index (χ4v) is 2.59. The molecule has 1 unspecified atom stereocenters. The van der Waals surface area contributed by atoms with Crippen molar-refractivity contribution >= 4 is 39.1 Å². The van der Waals surface area contributed by atoms with Gasteiger partial charge in [0.05, 0.1) is 10.5 Å². The van der Waals surface area contributed by atoms with Gasteiger partial charge in [-0.25, -0.2) is 4.39 Å². The zero-order chi connectivity index (χ0) is 13.3. The van der Waals surface area contributed by atoms with Gasteiger partial charge < -0.3 is 5.73 Å². The van der Waals surface area contributed by atoms with Crippen LogP contribution >= 0.6 is 39.1 Å². The van der Waals surface area contributed by atoms with Crippen LogP contribution in [0.15, 0.2) is 40.9 Å². The lowest BCUT2D eigenvalue weighted by Gasteiger charge is -2.15. The van der Waals surface area contributed by atoms with E-state index in [9.17, 15) is 4.39 Å². The monoisotopic (exact) mass is 347 g/mol. The predicted molar refractivity (Wildman–Crippen MR) is 76.6 cm³/mol. The fraction of sp³-hybridized carbons (Fsp3) is 0.0769. The van der Waals surface area contributed by atoms with Crippen molar-refractivity contribution in [3.63, 3.8) is 0 Å². The third-order valence-electron chi connectivity index (χ3n) is 2.61. The van der Waals surface area contributed by atoms with Crippen molar-refractivity contribution < 1.29 is 4.39 Å². The average Bonchev–Trinajstić information content (AvgIpc) is 2.32. The van der Waals surface area contributed by atoms with E-state index in [1.807, 2.05) is 0 Å². The van der Waals surface area contributed by atoms with E-state index in [1.165, 1.54) is 0 Å². The Morgan fingerprint density at radius 2 is 1.83 bits per heavy atom. The van der Waals surface area contributed by atoms with Crippen molar-refractivity contribution in [1.82, 2.24) is 0 Å². The Morgan fingerprint density at radius 3 is 2.50 bits per heavy atom. The van der Waals surface area contributed by atoms with Crippen LogP contribution in [0.4, 0.5) is 4.39 Å². The molecule has 0 heterocycles. The third-order valence-corrected chi connectivity index (χ3v) is 3.79. The summed E-state index contributed by atoms with van der Waals surface area (Å²) in [6.07, 6.45) is 0. The first-order valence-corrected chi connectivity index (χ1v) is 6.70. The molecular weight excluding hydrogens is 340 g/mol. The summed E-state index contributed by atoms with van der Waals surface area (Å²) in [6.45, 7) is 0. The highest BCUT2D eigenvalue weighted by Crippen LogP contribution is 2.31. The van der Waals surface area contributed by atoms with Gasteiger partial charge in [0.1, 0.15) is 5.82 Å². The minimum absolute atomic E-state index is 0.375. The highest BCUT2D eigenvalue weighted by atomic mass is 79.9. The fourth-order valence-electron chi connectivity index (χ4n) is 1.68. The topological polar surface area (TPSA) is 26.0 Å². The van der Waals surface area contributed by atoms with Crippen LogP contribution < -0.4 is 5.73 Å². The van der Waals surface area contributed by atoms with Gasteiger partial charge in [-0.05, 0) is 39.7 Å². The summed E-state index contributed by atoms with van der Waals surface area (Å²) < 4.78 is 14.3. The van der Waals surface area contributed by atoms with Crippen LogP contribution in [0, 0.1) is 5.82 Å². The maximum Gasteiger partial charge on any atom is 0.142 e. The van der Waals surface area contributed by atoms with E-state index in [-0.39, 0.29) is 5.82 Å². The molecule has 0 radical (unpaired) electrons. The number of benzene rings is 2. The lowest BCUT2D eigenvalue weighted by Crippen LogP contribution is -2.14. The first-order valence-electron chi connectivity index (χ1n) is 5.15. The molecule has 0 aliphatic carbocycles. The zero-order valence-corrected chi connectivity index (χ0v) is 12.2. The van der Waals surface area contributed by atoms with Crippen LogP contribution in [0.5, 0.6) is 0 Å². The minimum atomic E-state index is -0.632. The number of nitrogens with two attached hydrogens (primary N) is 1. The second-order valence-corrected chi connectivity index (χ2v) is 5.48. The van der Waals surface area contributed by atoms with E-state index >= 15 is 0 Å². The molecule has 0 aliphatic rings. The van der Waals surface area contributed by atoms with Crippen molar-refractivity contribution in [3.05, 3.63) is 67.9 Å². The smallest absolute Gasteiger partial charge is 0.142 e. The molecule has 2 N–H and O–H groups in total. The molecule has 18 heavy (non-hydrogen) atoms. The number of hydrogen-bond acceptors (Lipinski definition) is 1. The summed E-state index contributed by atoms with van der Waals surface area (Å²) in [5.41, 5.74) is 7.07. The van der Waals surface area contributed by atoms with Crippen molar-refractivity contribution in [3.8, 4) is 0 Å². The Balaban J connectivity index is 2.48. The van der Waals surface area contributed by atoms with Gasteiger partial charge >= 0.3 is 0 Å². The molecule has 0 bridgehead atoms. The summed E-state index contributed by atoms with van der Waals surface area (Å²) in [5.74, 6) is -0.379. The Morgan fingerprint density at radius 1 is 1.11 bits per heavy atom. The standard InChI is InChI=1S/C13H9BrCl2FN/c14-10-3-1-2-9(12(10)17)13(18)8-5-4-7(15)6-11(8)16/h1-6,13H,18H2. The predicted octanol–water partition coefficient (Wildman–Crippen LogP) is 4.94. The van der Waals surface area contributed by atoms with E-state index in [0.717, 1.165) is 0 Å². The molecule has 5 heteroatoms. The Hall–Kier alpha value is -0.610. The normalized spacial score (nSPS) is 12.5. The highest BCUT2D eigenvalue weighted by Gasteiger charge is 2.17. The molecule has 0 aliphatic heterocycles. The molecule has 2 aromatic rings. The average molecular weight is 349 g/mol. The molecule has 2 aromatic carbocycles. The minimum Gasteiger partial charge on any atom is -0.320 e. The Kier molecular flexibility index (Phi) is 4.28. The molecule has 0 saturated heterocycles. The van der Waals surface area contributed by atoms with Gasteiger partial charge in [0.15, 0.2) is 0 Å². The maximum absolute atomic E-state index is 14.0. The van der Waals surface area contributed by atoms with E-state index in [0.29, 0.717) is 25.6 Å². The summed E-state index contributed by atoms with van der Waals surface area (Å²) in [5, 5.41) is 0.944. The van der Waals surface area contributed by atoms with Crippen LogP contribution in [0.25, 0.3) is 0 Å². The first kappa shape index (κ1) is 13.8. The van der Waals surface area contributed by atoms with Crippen LogP contribution in [0.3, 0.4) is 0 Å².